The van der Waals surface area contributed by atoms with E-state index in [1.165, 1.54) is 30.3 Å². The summed E-state index contributed by atoms with van der Waals surface area (Å²) in [4.78, 5) is 16.2. The Hall–Kier alpha value is -2.45. The van der Waals surface area contributed by atoms with Crippen molar-refractivity contribution in [1.29, 1.82) is 0 Å². The lowest BCUT2D eigenvalue weighted by Gasteiger charge is -2.33. The van der Waals surface area contributed by atoms with Crippen molar-refractivity contribution < 1.29 is 9.53 Å². The van der Waals surface area contributed by atoms with Gasteiger partial charge in [-0.3, -0.25) is 4.79 Å². The Kier molecular flexibility index (Phi) is 5.87. The lowest BCUT2D eigenvalue weighted by atomic mass is 9.94. The zero-order valence-electron chi connectivity index (χ0n) is 16.2. The molecular weight excluding hydrogens is 356 g/mol. The summed E-state index contributed by atoms with van der Waals surface area (Å²) in [6, 6.07) is 8.38. The van der Waals surface area contributed by atoms with Crippen LogP contribution in [0.15, 0.2) is 36.9 Å². The fraction of sp³-hybridized carbons (Fsp3) is 0.550. The van der Waals surface area contributed by atoms with Crippen LogP contribution in [0.4, 0.5) is 11.4 Å². The molecule has 1 aliphatic heterocycles. The second-order valence-corrected chi connectivity index (χ2v) is 7.60. The molecular formula is C20H28N6O2. The standard InChI is InChI=1S/C20H28N6O2/c1-14(26-13-21-12-23-26)20(27)25-16-7-5-15(6-8-16)24-18-4-2-3-17(18)19-11-28-10-9-22-19/h5-8,12-14,17-19,22,24H,2-4,9-11H2,1H3,(H,25,27). The molecule has 3 N–H and O–H groups in total. The number of ether oxygens (including phenoxy) is 1. The molecule has 0 spiro atoms. The SMILES string of the molecule is CC(C(=O)Nc1ccc(NC2CCCC2C2COCCN2)cc1)n1cncn1. The van der Waals surface area contributed by atoms with Crippen LogP contribution in [0, 0.1) is 5.92 Å². The van der Waals surface area contributed by atoms with Crippen molar-refractivity contribution in [3.63, 3.8) is 0 Å². The fourth-order valence-electron chi connectivity index (χ4n) is 4.16. The summed E-state index contributed by atoms with van der Waals surface area (Å²) in [5.41, 5.74) is 1.85. The Morgan fingerprint density at radius 2 is 2.11 bits per heavy atom. The monoisotopic (exact) mass is 384 g/mol. The highest BCUT2D eigenvalue weighted by atomic mass is 16.5. The summed E-state index contributed by atoms with van der Waals surface area (Å²) < 4.78 is 7.19. The summed E-state index contributed by atoms with van der Waals surface area (Å²) in [5.74, 6) is 0.466. The van der Waals surface area contributed by atoms with E-state index in [1.54, 1.807) is 13.3 Å². The van der Waals surface area contributed by atoms with Gasteiger partial charge in [0, 0.05) is 30.0 Å². The third-order valence-corrected chi connectivity index (χ3v) is 5.75. The van der Waals surface area contributed by atoms with Crippen LogP contribution >= 0.6 is 0 Å². The molecule has 2 aromatic rings. The molecule has 1 saturated heterocycles. The predicted octanol–water partition coefficient (Wildman–Crippen LogP) is 2.05. The Morgan fingerprint density at radius 3 is 2.82 bits per heavy atom. The Morgan fingerprint density at radius 1 is 1.29 bits per heavy atom. The van der Waals surface area contributed by atoms with Crippen LogP contribution < -0.4 is 16.0 Å². The fourth-order valence-corrected chi connectivity index (χ4v) is 4.16. The van der Waals surface area contributed by atoms with Crippen LogP contribution in [0.5, 0.6) is 0 Å². The highest BCUT2D eigenvalue weighted by molar-refractivity contribution is 5.93. The van der Waals surface area contributed by atoms with Crippen LogP contribution in [0.25, 0.3) is 0 Å². The van der Waals surface area contributed by atoms with E-state index in [-0.39, 0.29) is 5.91 Å². The van der Waals surface area contributed by atoms with Gasteiger partial charge in [0.1, 0.15) is 18.7 Å². The van der Waals surface area contributed by atoms with Crippen LogP contribution in [0.2, 0.25) is 0 Å². The van der Waals surface area contributed by atoms with Gasteiger partial charge < -0.3 is 20.7 Å². The van der Waals surface area contributed by atoms with Crippen molar-refractivity contribution in [2.24, 2.45) is 5.92 Å². The number of hydrogen-bond donors (Lipinski definition) is 3. The molecule has 1 aromatic carbocycles. The first kappa shape index (κ1) is 18.9. The molecule has 1 saturated carbocycles. The van der Waals surface area contributed by atoms with Gasteiger partial charge in [-0.2, -0.15) is 5.10 Å². The maximum absolute atomic E-state index is 12.4. The summed E-state index contributed by atoms with van der Waals surface area (Å²) in [5, 5.41) is 14.2. The van der Waals surface area contributed by atoms with Gasteiger partial charge in [0.15, 0.2) is 0 Å². The lowest BCUT2D eigenvalue weighted by Crippen LogP contribution is -2.49. The minimum Gasteiger partial charge on any atom is -0.382 e. The van der Waals surface area contributed by atoms with Crippen molar-refractivity contribution in [1.82, 2.24) is 20.1 Å². The highest BCUT2D eigenvalue weighted by Gasteiger charge is 2.34. The van der Waals surface area contributed by atoms with E-state index in [2.05, 4.69) is 26.0 Å². The smallest absolute Gasteiger partial charge is 0.249 e. The number of rotatable bonds is 6. The van der Waals surface area contributed by atoms with Gasteiger partial charge in [0.05, 0.1) is 13.2 Å². The second-order valence-electron chi connectivity index (χ2n) is 7.60. The summed E-state index contributed by atoms with van der Waals surface area (Å²) in [7, 11) is 0. The molecule has 28 heavy (non-hydrogen) atoms. The van der Waals surface area contributed by atoms with Crippen molar-refractivity contribution in [2.75, 3.05) is 30.4 Å². The van der Waals surface area contributed by atoms with E-state index in [0.29, 0.717) is 18.0 Å². The lowest BCUT2D eigenvalue weighted by molar-refractivity contribution is -0.119. The number of amides is 1. The van der Waals surface area contributed by atoms with Gasteiger partial charge in [-0.1, -0.05) is 6.42 Å². The van der Waals surface area contributed by atoms with Gasteiger partial charge in [-0.25, -0.2) is 9.67 Å². The van der Waals surface area contributed by atoms with Crippen molar-refractivity contribution in [3.05, 3.63) is 36.9 Å². The molecule has 0 bridgehead atoms. The van der Waals surface area contributed by atoms with Crippen molar-refractivity contribution >= 4 is 17.3 Å². The first-order valence-electron chi connectivity index (χ1n) is 10.0. The molecule has 4 rings (SSSR count). The quantitative estimate of drug-likeness (QED) is 0.706. The average molecular weight is 384 g/mol. The molecule has 2 aliphatic rings. The molecule has 4 atom stereocenters. The molecule has 4 unspecified atom stereocenters. The van der Waals surface area contributed by atoms with Crippen LogP contribution in [0.1, 0.15) is 32.2 Å². The highest BCUT2D eigenvalue weighted by Crippen LogP contribution is 2.32. The van der Waals surface area contributed by atoms with Gasteiger partial charge in [-0.05, 0) is 49.9 Å². The largest absolute Gasteiger partial charge is 0.382 e. The van der Waals surface area contributed by atoms with Gasteiger partial charge in [-0.15, -0.1) is 0 Å². The summed E-state index contributed by atoms with van der Waals surface area (Å²) in [6.07, 6.45) is 6.62. The Labute approximate surface area is 165 Å². The molecule has 2 fully saturated rings. The number of hydrogen-bond acceptors (Lipinski definition) is 6. The number of carbonyl (C=O) groups excluding carboxylic acids is 1. The first-order chi connectivity index (χ1) is 13.7. The van der Waals surface area contributed by atoms with E-state index in [0.717, 1.165) is 31.1 Å². The number of carbonyl (C=O) groups is 1. The van der Waals surface area contributed by atoms with Crippen LogP contribution in [-0.4, -0.2) is 52.5 Å². The summed E-state index contributed by atoms with van der Waals surface area (Å²) in [6.45, 7) is 4.35. The maximum atomic E-state index is 12.4. The van der Waals surface area contributed by atoms with Crippen LogP contribution in [0.3, 0.4) is 0 Å². The number of anilines is 2. The first-order valence-corrected chi connectivity index (χ1v) is 10.0. The van der Waals surface area contributed by atoms with E-state index in [1.807, 2.05) is 24.3 Å². The molecule has 1 aromatic heterocycles. The zero-order valence-corrected chi connectivity index (χ0v) is 16.2. The number of morpholine rings is 1. The predicted molar refractivity (Wildman–Crippen MR) is 107 cm³/mol. The molecule has 2 heterocycles. The van der Waals surface area contributed by atoms with Crippen molar-refractivity contribution in [2.45, 2.75) is 44.3 Å². The number of aromatic nitrogens is 3. The third kappa shape index (κ3) is 4.34. The minimum atomic E-state index is -0.412. The molecule has 8 heteroatoms. The Balaban J connectivity index is 1.33. The molecule has 8 nitrogen and oxygen atoms in total. The Bertz CT molecular complexity index is 758. The topological polar surface area (TPSA) is 93.1 Å². The van der Waals surface area contributed by atoms with Gasteiger partial charge in [0.2, 0.25) is 5.91 Å². The molecule has 150 valence electrons. The maximum Gasteiger partial charge on any atom is 0.249 e. The van der Waals surface area contributed by atoms with E-state index in [4.69, 9.17) is 4.74 Å². The molecule has 1 aliphatic carbocycles. The van der Waals surface area contributed by atoms with E-state index >= 15 is 0 Å². The average Bonchev–Trinajstić information content (AvgIpc) is 3.42. The minimum absolute atomic E-state index is 0.120. The summed E-state index contributed by atoms with van der Waals surface area (Å²) >= 11 is 0. The molecule has 0 radical (unpaired) electrons. The second kappa shape index (κ2) is 8.70. The van der Waals surface area contributed by atoms with Crippen molar-refractivity contribution in [3.8, 4) is 0 Å². The molecule has 1 amide bonds. The van der Waals surface area contributed by atoms with Crippen LogP contribution in [-0.2, 0) is 9.53 Å². The van der Waals surface area contributed by atoms with E-state index < -0.39 is 6.04 Å². The normalized spacial score (nSPS) is 26.0. The third-order valence-electron chi connectivity index (χ3n) is 5.75. The number of benzene rings is 1. The zero-order chi connectivity index (χ0) is 19.3. The number of nitrogens with zero attached hydrogens (tertiary/aromatic N) is 3. The van der Waals surface area contributed by atoms with Gasteiger partial charge >= 0.3 is 0 Å². The van der Waals surface area contributed by atoms with E-state index in [9.17, 15) is 4.79 Å². The number of nitrogens with one attached hydrogen (secondary N) is 3. The van der Waals surface area contributed by atoms with Gasteiger partial charge in [0.25, 0.3) is 0 Å².